The predicted molar refractivity (Wildman–Crippen MR) is 553 cm³/mol. The summed E-state index contributed by atoms with van der Waals surface area (Å²) in [6, 6.07) is 37.0. The molecular formula is C111H210N12. The first-order chi connectivity index (χ1) is 59.8. The molecule has 6 saturated carbocycles. The zero-order valence-electron chi connectivity index (χ0n) is 89.0. The number of nitrogens with zero attached hydrogens (tertiary/aromatic N) is 12. The van der Waals surface area contributed by atoms with Crippen LogP contribution < -0.4 is 0 Å². The Labute approximate surface area is 769 Å². The fourth-order valence-electron chi connectivity index (χ4n) is 16.2. The third-order valence-electron chi connectivity index (χ3n) is 24.2. The van der Waals surface area contributed by atoms with Gasteiger partial charge < -0.3 is 0 Å². The molecule has 6 heterocycles. The highest BCUT2D eigenvalue weighted by atomic mass is 15.2. The van der Waals surface area contributed by atoms with E-state index in [1.54, 1.807) is 0 Å². The van der Waals surface area contributed by atoms with Crippen molar-refractivity contribution >= 4 is 0 Å². The first-order valence-electron chi connectivity index (χ1n) is 51.5. The zero-order valence-corrected chi connectivity index (χ0v) is 89.0. The average molecular weight is 1710 g/mol. The molecule has 3 unspecified atom stereocenters. The van der Waals surface area contributed by atoms with Crippen molar-refractivity contribution in [2.75, 3.05) is 42.3 Å². The minimum Gasteiger partial charge on any atom is -0.299 e. The van der Waals surface area contributed by atoms with Gasteiger partial charge in [0.2, 0.25) is 0 Å². The zero-order chi connectivity index (χ0) is 94.9. The van der Waals surface area contributed by atoms with Crippen molar-refractivity contribution < 1.29 is 0 Å². The number of rotatable bonds is 18. The van der Waals surface area contributed by atoms with Crippen LogP contribution in [0.4, 0.5) is 0 Å². The van der Waals surface area contributed by atoms with Gasteiger partial charge in [-0.3, -0.25) is 59.3 Å². The lowest BCUT2D eigenvalue weighted by atomic mass is 9.86. The highest BCUT2D eigenvalue weighted by Crippen LogP contribution is 2.35. The van der Waals surface area contributed by atoms with E-state index in [-0.39, 0.29) is 0 Å². The van der Waals surface area contributed by atoms with E-state index in [9.17, 15) is 0 Å². The van der Waals surface area contributed by atoms with E-state index in [0.717, 1.165) is 91.4 Å². The maximum Gasteiger partial charge on any atom is 0.0572 e. The quantitative estimate of drug-likeness (QED) is 0.0820. The Hall–Kier alpha value is -5.34. The number of pyridine rings is 6. The molecule has 6 aliphatic carbocycles. The largest absolute Gasteiger partial charge is 0.299 e. The number of hydrogen-bond acceptors (Lipinski definition) is 12. The second kappa shape index (κ2) is 88.7. The Bertz CT molecular complexity index is 2620. The number of aromatic nitrogens is 6. The lowest BCUT2D eigenvalue weighted by molar-refractivity contribution is 0.129. The summed E-state index contributed by atoms with van der Waals surface area (Å²) in [6.07, 6.45) is 50.0. The molecule has 0 amide bonds. The first kappa shape index (κ1) is 128. The van der Waals surface area contributed by atoms with Crippen molar-refractivity contribution in [3.05, 3.63) is 181 Å². The van der Waals surface area contributed by atoms with Crippen molar-refractivity contribution in [2.24, 2.45) is 35.5 Å². The van der Waals surface area contributed by atoms with Crippen LogP contribution in [0.15, 0.2) is 147 Å². The standard InChI is InChI=1S/3C15H24N2.3C14H22N2.12C2H6/c2*1-12-6-8-15(9-7-12)17(3)13(2)14-5-4-10-16-11-14;1-12-7-9-14(10-8-12)17(3)13(2)15-6-4-5-11-16-15;1-12-5-7-14(8-6-12)16(2)11-13-4-3-9-15-10-13;2*1-12-6-8-14(9-7-12)16(2)11-13-5-3-4-10-15-13;12*1-2/h2*4-5,10-13,15H,6-9H2,1-3H3;4-6,11-14H,7-10H2,1-3H3;3-4,9-10,12,14H,5-8,11H2,1-2H3;2*3-5,10,12,14H,6-9,11H2,1-2H3;12*1-2H3. The molecule has 6 aliphatic rings. The molecule has 714 valence electrons. The Morgan fingerprint density at radius 1 is 0.244 bits per heavy atom. The van der Waals surface area contributed by atoms with Crippen molar-refractivity contribution in [1.82, 2.24) is 59.3 Å². The lowest BCUT2D eigenvalue weighted by Crippen LogP contribution is -2.36. The summed E-state index contributed by atoms with van der Waals surface area (Å²) in [7, 11) is 13.5. The smallest absolute Gasteiger partial charge is 0.0572 e. The minimum absolute atomic E-state index is 0.426. The van der Waals surface area contributed by atoms with Crippen LogP contribution in [-0.4, -0.2) is 138 Å². The van der Waals surface area contributed by atoms with Crippen LogP contribution in [0.3, 0.4) is 0 Å². The second-order valence-electron chi connectivity index (χ2n) is 32.1. The first-order valence-corrected chi connectivity index (χ1v) is 51.5. The SMILES string of the molecule is CC.CC.CC.CC.CC.CC.CC.CC.CC.CC.CC.CC.CC1CCC(N(C)C(C)c2ccccn2)CC1.CC1CCC(N(C)C(C)c2cccnc2)CC1.CC1CCC(N(C)C(C)c2cccnc2)CC1.CC1CCC(N(C)Cc2ccccn2)CC1.CC1CCC(N(C)Cc2ccccn2)CC1.CC1CCC(N(C)Cc2cccnc2)CC1. The van der Waals surface area contributed by atoms with E-state index < -0.39 is 0 Å². The molecule has 6 aromatic heterocycles. The van der Waals surface area contributed by atoms with Crippen LogP contribution in [0.25, 0.3) is 0 Å². The van der Waals surface area contributed by atoms with E-state index in [1.807, 2.05) is 258 Å². The molecule has 12 nitrogen and oxygen atoms in total. The van der Waals surface area contributed by atoms with E-state index in [4.69, 9.17) is 0 Å². The molecule has 0 aliphatic heterocycles. The Morgan fingerprint density at radius 3 is 0.707 bits per heavy atom. The molecule has 0 bridgehead atoms. The Balaban J connectivity index is -0.000000317. The highest BCUT2D eigenvalue weighted by Gasteiger charge is 2.30. The molecule has 0 aromatic carbocycles. The molecule has 12 heteroatoms. The fourth-order valence-corrected chi connectivity index (χ4v) is 16.2. The van der Waals surface area contributed by atoms with Gasteiger partial charge in [0.15, 0.2) is 0 Å². The van der Waals surface area contributed by atoms with Crippen LogP contribution >= 0.6 is 0 Å². The topological polar surface area (TPSA) is 96.8 Å². The molecule has 0 spiro atoms. The summed E-state index contributed by atoms with van der Waals surface area (Å²) in [5.41, 5.74) is 7.53. The Kier molecular flexibility index (Phi) is 92.6. The molecule has 6 aromatic rings. The van der Waals surface area contributed by atoms with Gasteiger partial charge in [0.1, 0.15) is 0 Å². The van der Waals surface area contributed by atoms with Gasteiger partial charge in [0, 0.05) is 130 Å². The van der Waals surface area contributed by atoms with Crippen molar-refractivity contribution in [2.45, 2.75) is 457 Å². The van der Waals surface area contributed by atoms with Crippen LogP contribution in [-0.2, 0) is 19.6 Å². The van der Waals surface area contributed by atoms with Gasteiger partial charge in [-0.25, -0.2) is 0 Å². The van der Waals surface area contributed by atoms with E-state index in [1.165, 1.54) is 188 Å². The van der Waals surface area contributed by atoms with E-state index >= 15 is 0 Å². The monoisotopic (exact) mass is 1710 g/mol. The lowest BCUT2D eigenvalue weighted by Gasteiger charge is -2.37. The summed E-state index contributed by atoms with van der Waals surface area (Å²) in [5.74, 6) is 5.56. The summed E-state index contributed by atoms with van der Waals surface area (Å²) < 4.78 is 0. The van der Waals surface area contributed by atoms with Gasteiger partial charge in [-0.15, -0.1) is 0 Å². The molecule has 12 rings (SSSR count). The summed E-state index contributed by atoms with van der Waals surface area (Å²) >= 11 is 0. The summed E-state index contributed by atoms with van der Waals surface area (Å²) in [5, 5.41) is 0. The molecule has 3 atom stereocenters. The maximum absolute atomic E-state index is 4.47. The van der Waals surface area contributed by atoms with Gasteiger partial charge in [-0.05, 0) is 324 Å². The van der Waals surface area contributed by atoms with Crippen LogP contribution in [0, 0.1) is 35.5 Å². The van der Waals surface area contributed by atoms with Crippen molar-refractivity contribution in [3.63, 3.8) is 0 Å². The van der Waals surface area contributed by atoms with Gasteiger partial charge in [-0.2, -0.15) is 0 Å². The highest BCUT2D eigenvalue weighted by molar-refractivity contribution is 5.15. The molecule has 0 radical (unpaired) electrons. The van der Waals surface area contributed by atoms with Gasteiger partial charge >= 0.3 is 0 Å². The van der Waals surface area contributed by atoms with E-state index in [0.29, 0.717) is 18.1 Å². The second-order valence-corrected chi connectivity index (χ2v) is 32.1. The van der Waals surface area contributed by atoms with Crippen LogP contribution in [0.1, 0.15) is 434 Å². The van der Waals surface area contributed by atoms with Crippen LogP contribution in [0.2, 0.25) is 0 Å². The molecule has 0 N–H and O–H groups in total. The van der Waals surface area contributed by atoms with Crippen LogP contribution in [0.5, 0.6) is 0 Å². The van der Waals surface area contributed by atoms with Crippen molar-refractivity contribution in [3.8, 4) is 0 Å². The van der Waals surface area contributed by atoms with Gasteiger partial charge in [-0.1, -0.05) is 244 Å². The maximum atomic E-state index is 4.47. The van der Waals surface area contributed by atoms with Gasteiger partial charge in [0.25, 0.3) is 0 Å². The molecule has 123 heavy (non-hydrogen) atoms. The van der Waals surface area contributed by atoms with Crippen molar-refractivity contribution in [1.29, 1.82) is 0 Å². The predicted octanol–water partition coefficient (Wildman–Crippen LogP) is 32.6. The molecular weight excluding hydrogens is 1500 g/mol. The fraction of sp³-hybridized carbons (Fsp3) is 0.730. The minimum atomic E-state index is 0.426. The molecule has 6 fully saturated rings. The Morgan fingerprint density at radius 2 is 0.480 bits per heavy atom. The summed E-state index contributed by atoms with van der Waals surface area (Å²) in [6.45, 7) is 72.1. The normalized spacial score (nSPS) is 21.9. The summed E-state index contributed by atoms with van der Waals surface area (Å²) in [4.78, 5) is 40.8. The number of hydrogen-bond donors (Lipinski definition) is 0. The third-order valence-corrected chi connectivity index (χ3v) is 24.2. The average Bonchev–Trinajstić information content (AvgIpc) is 0.853. The van der Waals surface area contributed by atoms with E-state index in [2.05, 4.69) is 219 Å². The third kappa shape index (κ3) is 58.0. The van der Waals surface area contributed by atoms with Gasteiger partial charge in [0.05, 0.1) is 17.1 Å². The molecule has 0 saturated heterocycles.